The van der Waals surface area contributed by atoms with E-state index in [0.29, 0.717) is 23.9 Å². The molecule has 0 saturated heterocycles. The number of anilines is 1. The molecule has 1 aromatic rings. The Balaban J connectivity index is 2.43. The number of hydrogen-bond acceptors (Lipinski definition) is 4. The summed E-state index contributed by atoms with van der Waals surface area (Å²) in [6.45, 7) is 2.19. The summed E-state index contributed by atoms with van der Waals surface area (Å²) in [5.74, 6) is 0.592. The number of benzene rings is 1. The van der Waals surface area contributed by atoms with Gasteiger partial charge in [0.05, 0.1) is 25.0 Å². The smallest absolute Gasteiger partial charge is 0.165 e. The topological polar surface area (TPSA) is 49.8 Å². The fourth-order valence-corrected chi connectivity index (χ4v) is 2.28. The highest BCUT2D eigenvalue weighted by Crippen LogP contribution is 2.36. The monoisotopic (exact) mass is 249 g/mol. The van der Waals surface area contributed by atoms with Gasteiger partial charge in [-0.05, 0) is 31.9 Å². The molecule has 0 unspecified atom stereocenters. The van der Waals surface area contributed by atoms with E-state index in [1.807, 2.05) is 12.1 Å². The molecule has 0 heterocycles. The highest BCUT2D eigenvalue weighted by atomic mass is 16.5. The molecule has 0 atom stereocenters. The van der Waals surface area contributed by atoms with E-state index in [1.165, 1.54) is 0 Å². The maximum Gasteiger partial charge on any atom is 0.165 e. The van der Waals surface area contributed by atoms with Crippen LogP contribution in [0.4, 0.5) is 5.69 Å². The van der Waals surface area contributed by atoms with Crippen molar-refractivity contribution in [1.29, 1.82) is 0 Å². The number of ether oxygens (including phenoxy) is 1. The molecule has 0 aliphatic heterocycles. The molecule has 1 fully saturated rings. The number of carbonyl (C=O) groups excluding carboxylic acids is 1. The molecule has 1 aromatic carbocycles. The molecule has 0 bridgehead atoms. The van der Waals surface area contributed by atoms with Crippen LogP contribution in [-0.2, 0) is 0 Å². The lowest BCUT2D eigenvalue weighted by Crippen LogP contribution is -2.30. The third-order valence-corrected chi connectivity index (χ3v) is 3.21. The Morgan fingerprint density at radius 2 is 2.22 bits per heavy atom. The summed E-state index contributed by atoms with van der Waals surface area (Å²) in [5, 5.41) is 9.17. The minimum atomic E-state index is -0.00830. The summed E-state index contributed by atoms with van der Waals surface area (Å²) < 4.78 is 5.27. The van der Waals surface area contributed by atoms with Crippen molar-refractivity contribution in [1.82, 2.24) is 0 Å². The largest absolute Gasteiger partial charge is 0.496 e. The van der Waals surface area contributed by atoms with Crippen LogP contribution in [0.2, 0.25) is 0 Å². The highest BCUT2D eigenvalue weighted by molar-refractivity contribution is 6.02. The second-order valence-electron chi connectivity index (χ2n) is 4.56. The lowest BCUT2D eigenvalue weighted by molar-refractivity contribution is 0.101. The van der Waals surface area contributed by atoms with Gasteiger partial charge in [0.1, 0.15) is 5.75 Å². The van der Waals surface area contributed by atoms with Crippen molar-refractivity contribution < 1.29 is 14.6 Å². The van der Waals surface area contributed by atoms with Gasteiger partial charge in [0.2, 0.25) is 0 Å². The summed E-state index contributed by atoms with van der Waals surface area (Å²) in [7, 11) is 1.57. The van der Waals surface area contributed by atoms with Gasteiger partial charge in [-0.3, -0.25) is 4.79 Å². The van der Waals surface area contributed by atoms with Crippen LogP contribution in [-0.4, -0.2) is 37.2 Å². The van der Waals surface area contributed by atoms with E-state index in [2.05, 4.69) is 4.90 Å². The molecule has 2 rings (SSSR count). The van der Waals surface area contributed by atoms with Gasteiger partial charge in [-0.15, -0.1) is 0 Å². The SMILES string of the molecule is COc1cccc(N(CCO)C2CC2)c1C(C)=O. The number of aliphatic hydroxyl groups is 1. The molecule has 1 aliphatic carbocycles. The van der Waals surface area contributed by atoms with Crippen LogP contribution in [0.1, 0.15) is 30.1 Å². The molecule has 1 aliphatic rings. The fourth-order valence-electron chi connectivity index (χ4n) is 2.28. The van der Waals surface area contributed by atoms with Crippen LogP contribution in [0.25, 0.3) is 0 Å². The molecule has 1 N–H and O–H groups in total. The number of rotatable bonds is 6. The van der Waals surface area contributed by atoms with E-state index in [1.54, 1.807) is 20.1 Å². The van der Waals surface area contributed by atoms with Gasteiger partial charge in [-0.2, -0.15) is 0 Å². The molecule has 0 radical (unpaired) electrons. The number of nitrogens with zero attached hydrogens (tertiary/aromatic N) is 1. The summed E-state index contributed by atoms with van der Waals surface area (Å²) in [4.78, 5) is 13.9. The highest BCUT2D eigenvalue weighted by Gasteiger charge is 2.31. The number of ketones is 1. The standard InChI is InChI=1S/C14H19NO3/c1-10(17)14-12(4-3-5-13(14)18-2)15(8-9-16)11-6-7-11/h3-5,11,16H,6-9H2,1-2H3. The summed E-state index contributed by atoms with van der Waals surface area (Å²) >= 11 is 0. The third-order valence-electron chi connectivity index (χ3n) is 3.21. The zero-order valence-corrected chi connectivity index (χ0v) is 10.8. The minimum absolute atomic E-state index is 0.00830. The first-order valence-corrected chi connectivity index (χ1v) is 6.24. The van der Waals surface area contributed by atoms with E-state index in [0.717, 1.165) is 18.5 Å². The average Bonchev–Trinajstić information content (AvgIpc) is 3.19. The quantitative estimate of drug-likeness (QED) is 0.782. The minimum Gasteiger partial charge on any atom is -0.496 e. The Kier molecular flexibility index (Phi) is 3.87. The molecule has 0 spiro atoms. The Bertz CT molecular complexity index is 441. The van der Waals surface area contributed by atoms with Crippen LogP contribution in [0.3, 0.4) is 0 Å². The van der Waals surface area contributed by atoms with Crippen molar-refractivity contribution in [3.8, 4) is 5.75 Å². The average molecular weight is 249 g/mol. The third kappa shape index (κ3) is 2.48. The zero-order chi connectivity index (χ0) is 13.1. The van der Waals surface area contributed by atoms with E-state index < -0.39 is 0 Å². The summed E-state index contributed by atoms with van der Waals surface area (Å²) in [5.41, 5.74) is 1.48. The van der Waals surface area contributed by atoms with Crippen molar-refractivity contribution in [2.45, 2.75) is 25.8 Å². The van der Waals surface area contributed by atoms with E-state index >= 15 is 0 Å². The predicted molar refractivity (Wildman–Crippen MR) is 70.5 cm³/mol. The molecule has 0 aromatic heterocycles. The number of Topliss-reactive ketones (excluding diaryl/α,β-unsaturated/α-hetero) is 1. The zero-order valence-electron chi connectivity index (χ0n) is 10.8. The van der Waals surface area contributed by atoms with Gasteiger partial charge < -0.3 is 14.7 Å². The molecule has 4 heteroatoms. The molecule has 4 nitrogen and oxygen atoms in total. The molecular formula is C14H19NO3. The summed E-state index contributed by atoms with van der Waals surface area (Å²) in [6.07, 6.45) is 2.24. The summed E-state index contributed by atoms with van der Waals surface area (Å²) in [6, 6.07) is 6.05. The second kappa shape index (κ2) is 5.40. The van der Waals surface area contributed by atoms with Crippen molar-refractivity contribution >= 4 is 11.5 Å². The van der Waals surface area contributed by atoms with Crippen molar-refractivity contribution in [3.05, 3.63) is 23.8 Å². The van der Waals surface area contributed by atoms with E-state index in [-0.39, 0.29) is 12.4 Å². The van der Waals surface area contributed by atoms with Crippen molar-refractivity contribution in [2.24, 2.45) is 0 Å². The number of methoxy groups -OCH3 is 1. The Morgan fingerprint density at radius 1 is 1.50 bits per heavy atom. The lowest BCUT2D eigenvalue weighted by Gasteiger charge is -2.26. The van der Waals surface area contributed by atoms with Crippen LogP contribution in [0.5, 0.6) is 5.75 Å². The first kappa shape index (κ1) is 12.9. The normalized spacial score (nSPS) is 14.4. The van der Waals surface area contributed by atoms with Crippen LogP contribution >= 0.6 is 0 Å². The number of hydrogen-bond donors (Lipinski definition) is 1. The van der Waals surface area contributed by atoms with E-state index in [9.17, 15) is 9.90 Å². The predicted octanol–water partition coefficient (Wildman–Crippen LogP) is 1.86. The molecule has 98 valence electrons. The Morgan fingerprint density at radius 3 is 2.72 bits per heavy atom. The maximum absolute atomic E-state index is 11.8. The van der Waals surface area contributed by atoms with Crippen LogP contribution in [0.15, 0.2) is 18.2 Å². The van der Waals surface area contributed by atoms with Gasteiger partial charge >= 0.3 is 0 Å². The first-order chi connectivity index (χ1) is 8.69. The van der Waals surface area contributed by atoms with Gasteiger partial charge in [-0.1, -0.05) is 6.07 Å². The van der Waals surface area contributed by atoms with Gasteiger partial charge in [-0.25, -0.2) is 0 Å². The molecule has 0 amide bonds. The van der Waals surface area contributed by atoms with Gasteiger partial charge in [0.15, 0.2) is 5.78 Å². The number of carbonyl (C=O) groups is 1. The number of aliphatic hydroxyl groups excluding tert-OH is 1. The first-order valence-electron chi connectivity index (χ1n) is 6.24. The van der Waals surface area contributed by atoms with Gasteiger partial charge in [0.25, 0.3) is 0 Å². The Labute approximate surface area is 107 Å². The fraction of sp³-hybridized carbons (Fsp3) is 0.500. The molecule has 1 saturated carbocycles. The molecular weight excluding hydrogens is 230 g/mol. The second-order valence-corrected chi connectivity index (χ2v) is 4.56. The van der Waals surface area contributed by atoms with E-state index in [4.69, 9.17) is 4.74 Å². The van der Waals surface area contributed by atoms with Gasteiger partial charge in [0, 0.05) is 12.6 Å². The lowest BCUT2D eigenvalue weighted by atomic mass is 10.1. The Hall–Kier alpha value is -1.55. The maximum atomic E-state index is 11.8. The van der Waals surface area contributed by atoms with Crippen molar-refractivity contribution in [2.75, 3.05) is 25.2 Å². The van der Waals surface area contributed by atoms with Crippen molar-refractivity contribution in [3.63, 3.8) is 0 Å². The van der Waals surface area contributed by atoms with Crippen LogP contribution < -0.4 is 9.64 Å². The molecule has 18 heavy (non-hydrogen) atoms. The van der Waals surface area contributed by atoms with Crippen LogP contribution in [0, 0.1) is 0 Å².